The highest BCUT2D eigenvalue weighted by atomic mass is 35.5. The molecule has 114 valence electrons. The van der Waals surface area contributed by atoms with Gasteiger partial charge in [-0.1, -0.05) is 80.1 Å². The van der Waals surface area contributed by atoms with E-state index in [1.807, 2.05) is 52.0 Å². The molecule has 0 N–H and O–H groups in total. The first-order valence-corrected chi connectivity index (χ1v) is 7.92. The second kappa shape index (κ2) is 12.2. The Morgan fingerprint density at radius 1 is 1.10 bits per heavy atom. The molecule has 0 aliphatic rings. The van der Waals surface area contributed by atoms with E-state index in [1.54, 1.807) is 0 Å². The van der Waals surface area contributed by atoms with Crippen LogP contribution in [0.1, 0.15) is 46.6 Å². The van der Waals surface area contributed by atoms with Gasteiger partial charge in [-0.2, -0.15) is 0 Å². The molecule has 0 aliphatic heterocycles. The van der Waals surface area contributed by atoms with Gasteiger partial charge in [0.2, 0.25) is 0 Å². The summed E-state index contributed by atoms with van der Waals surface area (Å²) >= 11 is 6.02. The Labute approximate surface area is 135 Å². The van der Waals surface area contributed by atoms with E-state index in [-0.39, 0.29) is 0 Å². The maximum Gasteiger partial charge on any atom is 0.0156 e. The van der Waals surface area contributed by atoms with Crippen molar-refractivity contribution < 1.29 is 0 Å². The van der Waals surface area contributed by atoms with Crippen molar-refractivity contribution in [2.24, 2.45) is 0 Å². The van der Waals surface area contributed by atoms with E-state index in [1.165, 1.54) is 11.1 Å². The molecule has 0 heterocycles. The first-order valence-electron chi connectivity index (χ1n) is 7.54. The Bertz CT molecular complexity index is 498. The molecule has 0 aliphatic carbocycles. The lowest BCUT2D eigenvalue weighted by Gasteiger charge is -2.04. The number of hydrogen-bond acceptors (Lipinski definition) is 0. The highest BCUT2D eigenvalue weighted by Gasteiger charge is 1.98. The predicted octanol–water partition coefficient (Wildman–Crippen LogP) is 7.15. The molecule has 0 amide bonds. The lowest BCUT2D eigenvalue weighted by molar-refractivity contribution is 1.27. The number of allylic oxidation sites excluding steroid dienone is 8. The van der Waals surface area contributed by atoms with Gasteiger partial charge in [0.15, 0.2) is 0 Å². The summed E-state index contributed by atoms with van der Waals surface area (Å²) in [7, 11) is 0. The maximum atomic E-state index is 6.02. The quantitative estimate of drug-likeness (QED) is 0.506. The molecule has 1 rings (SSSR count). The third-order valence-corrected chi connectivity index (χ3v) is 2.88. The van der Waals surface area contributed by atoms with Crippen molar-refractivity contribution in [2.75, 3.05) is 0 Å². The van der Waals surface area contributed by atoms with Gasteiger partial charge in [0.05, 0.1) is 0 Å². The molecule has 21 heavy (non-hydrogen) atoms. The van der Waals surface area contributed by atoms with E-state index in [9.17, 15) is 0 Å². The molecule has 1 heteroatoms. The molecular formula is C20H27Cl. The summed E-state index contributed by atoms with van der Waals surface area (Å²) in [5.74, 6) is 0. The standard InChI is InChI=1S/C18H21Cl.C2H6/c1-4-9-16(5-2)12-13-18(14-15(3)19)17-10-7-6-8-11-17;1-2/h4-11,13-14H,12H2,1-3H3;1-2H3/b9-4-,15-14+,16-5+,18-13+;. The Hall–Kier alpha value is -1.53. The van der Waals surface area contributed by atoms with Gasteiger partial charge in [0.1, 0.15) is 0 Å². The summed E-state index contributed by atoms with van der Waals surface area (Å²) < 4.78 is 0. The molecule has 0 bridgehead atoms. The smallest absolute Gasteiger partial charge is 0.0156 e. The van der Waals surface area contributed by atoms with Gasteiger partial charge in [0, 0.05) is 5.03 Å². The minimum absolute atomic E-state index is 0.795. The van der Waals surface area contributed by atoms with Crippen LogP contribution in [0.4, 0.5) is 0 Å². The minimum atomic E-state index is 0.795. The van der Waals surface area contributed by atoms with Crippen LogP contribution < -0.4 is 0 Å². The predicted molar refractivity (Wildman–Crippen MR) is 98.6 cm³/mol. The summed E-state index contributed by atoms with van der Waals surface area (Å²) in [6.07, 6.45) is 11.5. The van der Waals surface area contributed by atoms with Crippen LogP contribution in [-0.2, 0) is 0 Å². The SMILES string of the molecule is C/C=C\C(=C/C)C/C=C(\C=C(/C)Cl)c1ccccc1.CC. The molecule has 1 aromatic rings. The summed E-state index contributed by atoms with van der Waals surface area (Å²) in [6.45, 7) is 10.0. The van der Waals surface area contributed by atoms with Crippen LogP contribution in [0, 0.1) is 0 Å². The number of halogens is 1. The first-order chi connectivity index (χ1) is 10.2. The van der Waals surface area contributed by atoms with Gasteiger partial charge >= 0.3 is 0 Å². The summed E-state index contributed by atoms with van der Waals surface area (Å²) in [5, 5.41) is 0.795. The van der Waals surface area contributed by atoms with Crippen LogP contribution in [0.15, 0.2) is 71.3 Å². The second-order valence-electron chi connectivity index (χ2n) is 4.32. The van der Waals surface area contributed by atoms with E-state index in [0.29, 0.717) is 0 Å². The molecule has 0 nitrogen and oxygen atoms in total. The molecule has 0 radical (unpaired) electrons. The zero-order valence-electron chi connectivity index (χ0n) is 13.9. The summed E-state index contributed by atoms with van der Waals surface area (Å²) in [6, 6.07) is 10.3. The molecule has 1 aromatic carbocycles. The Kier molecular flexibility index (Phi) is 11.3. The van der Waals surface area contributed by atoms with Crippen LogP contribution in [0.25, 0.3) is 5.57 Å². The lowest BCUT2D eigenvalue weighted by atomic mass is 10.0. The molecule has 0 unspecified atom stereocenters. The molecule has 0 saturated heterocycles. The van der Waals surface area contributed by atoms with E-state index in [2.05, 4.69) is 43.4 Å². The Morgan fingerprint density at radius 2 is 1.71 bits per heavy atom. The van der Waals surface area contributed by atoms with Crippen LogP contribution in [0.2, 0.25) is 0 Å². The highest BCUT2D eigenvalue weighted by Crippen LogP contribution is 2.21. The number of benzene rings is 1. The molecule has 0 aromatic heterocycles. The van der Waals surface area contributed by atoms with Crippen molar-refractivity contribution in [3.05, 3.63) is 76.9 Å². The van der Waals surface area contributed by atoms with Gasteiger partial charge < -0.3 is 0 Å². The van der Waals surface area contributed by atoms with Crippen molar-refractivity contribution in [3.63, 3.8) is 0 Å². The third kappa shape index (κ3) is 8.37. The van der Waals surface area contributed by atoms with Gasteiger partial charge in [-0.15, -0.1) is 0 Å². The monoisotopic (exact) mass is 302 g/mol. The fraction of sp³-hybridized carbons (Fsp3) is 0.300. The van der Waals surface area contributed by atoms with Crippen LogP contribution >= 0.6 is 11.6 Å². The lowest BCUT2D eigenvalue weighted by Crippen LogP contribution is -1.83. The molecular weight excluding hydrogens is 276 g/mol. The van der Waals surface area contributed by atoms with E-state index in [4.69, 9.17) is 11.6 Å². The fourth-order valence-corrected chi connectivity index (χ4v) is 1.95. The van der Waals surface area contributed by atoms with Crippen LogP contribution in [0.5, 0.6) is 0 Å². The number of hydrogen-bond donors (Lipinski definition) is 0. The van der Waals surface area contributed by atoms with Crippen LogP contribution in [-0.4, -0.2) is 0 Å². The van der Waals surface area contributed by atoms with E-state index in [0.717, 1.165) is 17.0 Å². The van der Waals surface area contributed by atoms with Crippen molar-refractivity contribution in [3.8, 4) is 0 Å². The normalized spacial score (nSPS) is 13.1. The van der Waals surface area contributed by atoms with Gasteiger partial charge in [-0.3, -0.25) is 0 Å². The number of rotatable bonds is 5. The zero-order valence-corrected chi connectivity index (χ0v) is 14.6. The molecule has 0 spiro atoms. The third-order valence-electron chi connectivity index (χ3n) is 2.77. The topological polar surface area (TPSA) is 0 Å². The Balaban J connectivity index is 0.00000191. The van der Waals surface area contributed by atoms with Crippen molar-refractivity contribution in [2.45, 2.75) is 41.0 Å². The average molecular weight is 303 g/mol. The highest BCUT2D eigenvalue weighted by molar-refractivity contribution is 6.29. The van der Waals surface area contributed by atoms with Crippen molar-refractivity contribution in [1.29, 1.82) is 0 Å². The average Bonchev–Trinajstić information content (AvgIpc) is 2.52. The molecule has 0 saturated carbocycles. The summed E-state index contributed by atoms with van der Waals surface area (Å²) in [5.41, 5.74) is 3.66. The second-order valence-corrected chi connectivity index (χ2v) is 4.92. The molecule has 0 atom stereocenters. The van der Waals surface area contributed by atoms with Crippen molar-refractivity contribution in [1.82, 2.24) is 0 Å². The van der Waals surface area contributed by atoms with Gasteiger partial charge in [-0.05, 0) is 50.0 Å². The first kappa shape index (κ1) is 19.5. The fourth-order valence-electron chi connectivity index (χ4n) is 1.83. The minimum Gasteiger partial charge on any atom is -0.0894 e. The van der Waals surface area contributed by atoms with Crippen molar-refractivity contribution >= 4 is 17.2 Å². The zero-order chi connectivity index (χ0) is 16.1. The van der Waals surface area contributed by atoms with Gasteiger partial charge in [-0.25, -0.2) is 0 Å². The Morgan fingerprint density at radius 3 is 2.19 bits per heavy atom. The largest absolute Gasteiger partial charge is 0.0894 e. The van der Waals surface area contributed by atoms with Gasteiger partial charge in [0.25, 0.3) is 0 Å². The maximum absolute atomic E-state index is 6.02. The summed E-state index contributed by atoms with van der Waals surface area (Å²) in [4.78, 5) is 0. The van der Waals surface area contributed by atoms with E-state index >= 15 is 0 Å². The van der Waals surface area contributed by atoms with Crippen LogP contribution in [0.3, 0.4) is 0 Å². The van der Waals surface area contributed by atoms with E-state index < -0.39 is 0 Å². The molecule has 0 fully saturated rings.